The standard InChI is InChI=1S/C13H9N3O5.C4H12N/c17-12-6-3-9(7-11(12)13(18)19)15-14-8-1-4-10(5-2-8)16(20)21;1-5(2,3)4/h1-7,17H,(H,18,19);1-4H3/q;+1/p-1. The van der Waals surface area contributed by atoms with Crippen molar-refractivity contribution in [2.45, 2.75) is 0 Å². The Hall–Kier alpha value is -3.33. The number of carbonyl (C=O) groups is 1. The van der Waals surface area contributed by atoms with Crippen LogP contribution in [0.3, 0.4) is 0 Å². The van der Waals surface area contributed by atoms with E-state index >= 15 is 0 Å². The van der Waals surface area contributed by atoms with Gasteiger partial charge in [-0.2, -0.15) is 10.2 Å². The maximum atomic E-state index is 11.3. The summed E-state index contributed by atoms with van der Waals surface area (Å²) in [5, 5.41) is 38.2. The van der Waals surface area contributed by atoms with E-state index in [-0.39, 0.29) is 11.4 Å². The van der Waals surface area contributed by atoms with Crippen LogP contribution in [0.5, 0.6) is 5.75 Å². The number of non-ortho nitro benzene ring substituents is 1. The Morgan fingerprint density at radius 1 is 1.00 bits per heavy atom. The number of hydrogen-bond donors (Lipinski definition) is 1. The van der Waals surface area contributed by atoms with Crippen molar-refractivity contribution in [3.63, 3.8) is 0 Å². The smallest absolute Gasteiger partial charge is 0.335 e. The molecule has 26 heavy (non-hydrogen) atoms. The van der Waals surface area contributed by atoms with Crippen LogP contribution < -0.4 is 5.11 Å². The van der Waals surface area contributed by atoms with Gasteiger partial charge in [0.05, 0.1) is 50.1 Å². The number of aromatic carboxylic acids is 1. The summed E-state index contributed by atoms with van der Waals surface area (Å²) >= 11 is 0. The van der Waals surface area contributed by atoms with Crippen molar-refractivity contribution in [3.05, 3.63) is 58.1 Å². The van der Waals surface area contributed by atoms with Gasteiger partial charge >= 0.3 is 5.97 Å². The zero-order valence-corrected chi connectivity index (χ0v) is 14.9. The van der Waals surface area contributed by atoms with E-state index in [1.54, 1.807) is 0 Å². The average Bonchev–Trinajstić information content (AvgIpc) is 2.52. The highest BCUT2D eigenvalue weighted by Crippen LogP contribution is 2.24. The van der Waals surface area contributed by atoms with Gasteiger partial charge in [-0.25, -0.2) is 4.79 Å². The second-order valence-electron chi connectivity index (χ2n) is 6.64. The zero-order valence-electron chi connectivity index (χ0n) is 14.9. The predicted octanol–water partition coefficient (Wildman–Crippen LogP) is 3.10. The number of quaternary nitrogens is 1. The number of rotatable bonds is 4. The molecule has 0 amide bonds. The predicted molar refractivity (Wildman–Crippen MR) is 94.1 cm³/mol. The lowest BCUT2D eigenvalue weighted by atomic mass is 10.2. The number of nitro groups is 1. The molecule has 0 spiro atoms. The number of azo groups is 1. The van der Waals surface area contributed by atoms with Crippen molar-refractivity contribution in [2.75, 3.05) is 28.2 Å². The Kier molecular flexibility index (Phi) is 6.91. The molecule has 2 rings (SSSR count). The Balaban J connectivity index is 0.000000597. The lowest BCUT2D eigenvalue weighted by molar-refractivity contribution is -0.849. The molecule has 2 aromatic carbocycles. The third-order valence-electron chi connectivity index (χ3n) is 2.54. The average molecular weight is 360 g/mol. The molecular formula is C17H20N4O5. The van der Waals surface area contributed by atoms with Crippen molar-refractivity contribution in [2.24, 2.45) is 10.2 Å². The Bertz CT molecular complexity index is 805. The summed E-state index contributed by atoms with van der Waals surface area (Å²) in [5.41, 5.74) is 0.0991. The van der Waals surface area contributed by atoms with Gasteiger partial charge in [-0.1, -0.05) is 11.8 Å². The fourth-order valence-electron chi connectivity index (χ4n) is 1.50. The van der Waals surface area contributed by atoms with Crippen LogP contribution in [0.25, 0.3) is 0 Å². The van der Waals surface area contributed by atoms with Gasteiger partial charge in [-0.15, -0.1) is 0 Å². The molecule has 0 radical (unpaired) electrons. The first-order valence-electron chi connectivity index (χ1n) is 7.47. The number of carboxylic acid groups (broad SMARTS) is 1. The summed E-state index contributed by atoms with van der Waals surface area (Å²) in [5.74, 6) is -1.95. The number of nitro benzene ring substituents is 1. The first kappa shape index (κ1) is 20.7. The van der Waals surface area contributed by atoms with E-state index < -0.39 is 22.2 Å². The molecule has 0 heterocycles. The summed E-state index contributed by atoms with van der Waals surface area (Å²) in [6.07, 6.45) is 0. The van der Waals surface area contributed by atoms with Gasteiger partial charge in [0, 0.05) is 12.1 Å². The van der Waals surface area contributed by atoms with Gasteiger partial charge in [-0.3, -0.25) is 10.1 Å². The molecule has 9 nitrogen and oxygen atoms in total. The molecule has 9 heteroatoms. The number of carboxylic acids is 1. The summed E-state index contributed by atoms with van der Waals surface area (Å²) < 4.78 is 1.00. The van der Waals surface area contributed by atoms with Gasteiger partial charge in [0.1, 0.15) is 0 Å². The molecule has 2 aromatic rings. The summed E-state index contributed by atoms with van der Waals surface area (Å²) in [6.45, 7) is 0. The van der Waals surface area contributed by atoms with E-state index in [2.05, 4.69) is 38.4 Å². The van der Waals surface area contributed by atoms with E-state index in [1.807, 2.05) is 0 Å². The summed E-state index contributed by atoms with van der Waals surface area (Å²) in [7, 11) is 8.50. The SMILES string of the molecule is C[N+](C)(C)C.O=C(O)c1cc(N=Nc2ccc([N+](=O)[O-])cc2)ccc1[O-]. The van der Waals surface area contributed by atoms with Crippen molar-refractivity contribution < 1.29 is 24.4 Å². The number of benzene rings is 2. The van der Waals surface area contributed by atoms with Crippen LogP contribution >= 0.6 is 0 Å². The fraction of sp³-hybridized carbons (Fsp3) is 0.235. The molecule has 0 atom stereocenters. The minimum Gasteiger partial charge on any atom is -0.872 e. The van der Waals surface area contributed by atoms with E-state index in [1.165, 1.54) is 30.3 Å². The molecule has 1 N–H and O–H groups in total. The maximum absolute atomic E-state index is 11.3. The highest BCUT2D eigenvalue weighted by Gasteiger charge is 2.05. The normalized spacial score (nSPS) is 10.9. The summed E-state index contributed by atoms with van der Waals surface area (Å²) in [6, 6.07) is 8.90. The van der Waals surface area contributed by atoms with Gasteiger partial charge in [-0.05, 0) is 24.3 Å². The molecule has 0 aliphatic carbocycles. The highest BCUT2D eigenvalue weighted by atomic mass is 16.6. The van der Waals surface area contributed by atoms with E-state index in [9.17, 15) is 20.0 Å². The lowest BCUT2D eigenvalue weighted by Gasteiger charge is -2.14. The van der Waals surface area contributed by atoms with Crippen LogP contribution in [0.4, 0.5) is 17.1 Å². The van der Waals surface area contributed by atoms with Crippen molar-refractivity contribution in [3.8, 4) is 5.75 Å². The molecule has 0 aliphatic heterocycles. The zero-order chi connectivity index (χ0) is 19.9. The Labute approximate surface area is 150 Å². The van der Waals surface area contributed by atoms with Crippen LogP contribution in [-0.2, 0) is 0 Å². The minimum atomic E-state index is -1.34. The molecule has 0 bridgehead atoms. The molecule has 0 aliphatic rings. The molecule has 0 fully saturated rings. The molecule has 0 saturated carbocycles. The lowest BCUT2D eigenvalue weighted by Crippen LogP contribution is -2.27. The third kappa shape index (κ3) is 7.49. The Morgan fingerprint density at radius 2 is 1.46 bits per heavy atom. The van der Waals surface area contributed by atoms with E-state index in [4.69, 9.17) is 5.11 Å². The molecule has 138 valence electrons. The fourth-order valence-corrected chi connectivity index (χ4v) is 1.50. The Morgan fingerprint density at radius 3 is 1.92 bits per heavy atom. The quantitative estimate of drug-likeness (QED) is 0.388. The van der Waals surface area contributed by atoms with Crippen molar-refractivity contribution in [1.82, 2.24) is 0 Å². The topological polar surface area (TPSA) is 128 Å². The van der Waals surface area contributed by atoms with E-state index in [0.717, 1.165) is 16.6 Å². The minimum absolute atomic E-state index is 0.0715. The van der Waals surface area contributed by atoms with Gasteiger partial charge in [0.25, 0.3) is 5.69 Å². The molecule has 0 aromatic heterocycles. The van der Waals surface area contributed by atoms with Gasteiger partial charge in [0.15, 0.2) is 0 Å². The van der Waals surface area contributed by atoms with Crippen LogP contribution in [-0.4, -0.2) is 48.7 Å². The maximum Gasteiger partial charge on any atom is 0.335 e. The van der Waals surface area contributed by atoms with Crippen LogP contribution in [0.1, 0.15) is 10.4 Å². The van der Waals surface area contributed by atoms with Crippen LogP contribution in [0, 0.1) is 10.1 Å². The van der Waals surface area contributed by atoms with Crippen LogP contribution in [0.15, 0.2) is 52.7 Å². The second-order valence-corrected chi connectivity index (χ2v) is 6.64. The second kappa shape index (κ2) is 8.67. The first-order chi connectivity index (χ1) is 12.0. The van der Waals surface area contributed by atoms with Crippen LogP contribution in [0.2, 0.25) is 0 Å². The molecule has 0 saturated heterocycles. The third-order valence-corrected chi connectivity index (χ3v) is 2.54. The van der Waals surface area contributed by atoms with Crippen molar-refractivity contribution >= 4 is 23.0 Å². The van der Waals surface area contributed by atoms with Gasteiger partial charge < -0.3 is 14.7 Å². The molecular weight excluding hydrogens is 340 g/mol. The van der Waals surface area contributed by atoms with Crippen molar-refractivity contribution in [1.29, 1.82) is 0 Å². The van der Waals surface area contributed by atoms with Gasteiger partial charge in [0.2, 0.25) is 0 Å². The number of nitrogens with zero attached hydrogens (tertiary/aromatic N) is 4. The largest absolute Gasteiger partial charge is 0.872 e. The van der Waals surface area contributed by atoms with E-state index in [0.29, 0.717) is 5.69 Å². The summed E-state index contributed by atoms with van der Waals surface area (Å²) in [4.78, 5) is 20.8. The highest BCUT2D eigenvalue weighted by molar-refractivity contribution is 5.91. The molecule has 0 unspecified atom stereocenters. The number of hydrogen-bond acceptors (Lipinski definition) is 6. The first-order valence-corrected chi connectivity index (χ1v) is 7.47. The monoisotopic (exact) mass is 360 g/mol.